The van der Waals surface area contributed by atoms with Crippen LogP contribution >= 0.6 is 31.9 Å². The van der Waals surface area contributed by atoms with Crippen molar-refractivity contribution in [1.82, 2.24) is 9.55 Å². The fourth-order valence-corrected chi connectivity index (χ4v) is 3.37. The lowest BCUT2D eigenvalue weighted by atomic mass is 10.2. The fraction of sp³-hybridized carbons (Fsp3) is 0.188. The zero-order valence-corrected chi connectivity index (χ0v) is 14.4. The molecule has 0 amide bonds. The van der Waals surface area contributed by atoms with E-state index in [4.69, 9.17) is 10.7 Å². The highest BCUT2D eigenvalue weighted by Crippen LogP contribution is 2.42. The van der Waals surface area contributed by atoms with Gasteiger partial charge in [-0.05, 0) is 65.2 Å². The number of aromatic nitrogens is 2. The fourth-order valence-electron chi connectivity index (χ4n) is 2.64. The Morgan fingerprint density at radius 1 is 1.10 bits per heavy atom. The number of hydrogen-bond acceptors (Lipinski definition) is 2. The quantitative estimate of drug-likeness (QED) is 0.598. The lowest BCUT2D eigenvalue weighted by Crippen LogP contribution is -1.98. The van der Waals surface area contributed by atoms with E-state index in [1.54, 1.807) is 0 Å². The average Bonchev–Trinajstić information content (AvgIpc) is 3.22. The molecule has 21 heavy (non-hydrogen) atoms. The van der Waals surface area contributed by atoms with Gasteiger partial charge in [0.1, 0.15) is 5.82 Å². The Bertz CT molecular complexity index is 850. The van der Waals surface area contributed by atoms with Gasteiger partial charge in [0, 0.05) is 26.2 Å². The Morgan fingerprint density at radius 2 is 1.90 bits per heavy atom. The van der Waals surface area contributed by atoms with Gasteiger partial charge in [-0.15, -0.1) is 0 Å². The molecule has 0 unspecified atom stereocenters. The minimum atomic E-state index is 0.572. The van der Waals surface area contributed by atoms with E-state index in [2.05, 4.69) is 54.6 Å². The topological polar surface area (TPSA) is 43.8 Å². The summed E-state index contributed by atoms with van der Waals surface area (Å²) in [6.45, 7) is 0. The highest BCUT2D eigenvalue weighted by molar-refractivity contribution is 9.10. The van der Waals surface area contributed by atoms with Crippen molar-refractivity contribution >= 4 is 48.6 Å². The van der Waals surface area contributed by atoms with Crippen LogP contribution in [0.3, 0.4) is 0 Å². The van der Waals surface area contributed by atoms with Crippen LogP contribution in [0.5, 0.6) is 0 Å². The molecule has 0 radical (unpaired) electrons. The Hall–Kier alpha value is -1.33. The van der Waals surface area contributed by atoms with Gasteiger partial charge in [-0.3, -0.25) is 0 Å². The lowest BCUT2D eigenvalue weighted by Gasteiger charge is -2.09. The van der Waals surface area contributed by atoms with Gasteiger partial charge in [0.25, 0.3) is 0 Å². The smallest absolute Gasteiger partial charge is 0.141 e. The molecule has 0 aliphatic heterocycles. The van der Waals surface area contributed by atoms with Crippen molar-refractivity contribution in [2.75, 3.05) is 5.73 Å². The van der Waals surface area contributed by atoms with Crippen molar-refractivity contribution in [3.8, 4) is 11.4 Å². The second kappa shape index (κ2) is 4.85. The number of rotatable bonds is 2. The molecule has 1 saturated carbocycles. The van der Waals surface area contributed by atoms with Gasteiger partial charge in [-0.1, -0.05) is 15.9 Å². The third kappa shape index (κ3) is 2.28. The number of halogens is 2. The van der Waals surface area contributed by atoms with Crippen LogP contribution in [0.25, 0.3) is 22.4 Å². The van der Waals surface area contributed by atoms with Gasteiger partial charge < -0.3 is 10.3 Å². The molecule has 1 fully saturated rings. The normalized spacial score (nSPS) is 14.8. The third-order valence-electron chi connectivity index (χ3n) is 3.82. The zero-order valence-electron chi connectivity index (χ0n) is 11.2. The lowest BCUT2D eigenvalue weighted by molar-refractivity contribution is 0.775. The van der Waals surface area contributed by atoms with E-state index in [1.165, 1.54) is 18.4 Å². The Morgan fingerprint density at radius 3 is 2.62 bits per heavy atom. The summed E-state index contributed by atoms with van der Waals surface area (Å²) in [5.74, 6) is 1.02. The Balaban J connectivity index is 1.98. The van der Waals surface area contributed by atoms with Crippen molar-refractivity contribution < 1.29 is 0 Å². The van der Waals surface area contributed by atoms with E-state index in [0.29, 0.717) is 6.04 Å². The molecule has 2 N–H and O–H groups in total. The first-order valence-corrected chi connectivity index (χ1v) is 8.45. The van der Waals surface area contributed by atoms with E-state index in [9.17, 15) is 0 Å². The van der Waals surface area contributed by atoms with Gasteiger partial charge in [0.2, 0.25) is 0 Å². The number of imidazole rings is 1. The maximum Gasteiger partial charge on any atom is 0.141 e. The summed E-state index contributed by atoms with van der Waals surface area (Å²) in [6.07, 6.45) is 2.45. The molecule has 4 rings (SSSR count). The van der Waals surface area contributed by atoms with Crippen LogP contribution in [0.4, 0.5) is 5.69 Å². The molecule has 5 heteroatoms. The second-order valence-electron chi connectivity index (χ2n) is 5.41. The summed E-state index contributed by atoms with van der Waals surface area (Å²) in [5.41, 5.74) is 9.96. The van der Waals surface area contributed by atoms with Crippen LogP contribution in [-0.4, -0.2) is 9.55 Å². The standard InChI is InChI=1S/C16H13Br2N3/c17-10-2-6-15-14(8-10)20-16(21(15)11-3-4-11)9-1-5-13(19)12(18)7-9/h1-2,5-8,11H,3-4,19H2. The first-order chi connectivity index (χ1) is 10.1. The molecule has 3 nitrogen and oxygen atoms in total. The number of nitrogen functional groups attached to an aromatic ring is 1. The molecule has 0 spiro atoms. The van der Waals surface area contributed by atoms with Crippen molar-refractivity contribution in [2.24, 2.45) is 0 Å². The van der Waals surface area contributed by atoms with Crippen LogP contribution in [-0.2, 0) is 0 Å². The largest absolute Gasteiger partial charge is 0.398 e. The predicted molar refractivity (Wildman–Crippen MR) is 93.3 cm³/mol. The molecule has 1 heterocycles. The first kappa shape index (κ1) is 13.3. The van der Waals surface area contributed by atoms with E-state index in [0.717, 1.165) is 31.5 Å². The van der Waals surface area contributed by atoms with Crippen LogP contribution in [0.15, 0.2) is 45.3 Å². The molecule has 3 aromatic rings. The van der Waals surface area contributed by atoms with Crippen LogP contribution in [0.2, 0.25) is 0 Å². The van der Waals surface area contributed by atoms with Crippen LogP contribution < -0.4 is 5.73 Å². The van der Waals surface area contributed by atoms with E-state index in [-0.39, 0.29) is 0 Å². The summed E-state index contributed by atoms with van der Waals surface area (Å²) in [5, 5.41) is 0. The summed E-state index contributed by atoms with van der Waals surface area (Å²) in [7, 11) is 0. The maximum atomic E-state index is 5.89. The Kier molecular flexibility index (Phi) is 3.08. The molecule has 1 aromatic heterocycles. The van der Waals surface area contributed by atoms with Gasteiger partial charge >= 0.3 is 0 Å². The molecule has 1 aliphatic carbocycles. The molecule has 1 aliphatic rings. The maximum absolute atomic E-state index is 5.89. The van der Waals surface area contributed by atoms with E-state index < -0.39 is 0 Å². The molecular formula is C16H13Br2N3. The van der Waals surface area contributed by atoms with E-state index >= 15 is 0 Å². The summed E-state index contributed by atoms with van der Waals surface area (Å²) in [6, 6.07) is 12.9. The number of anilines is 1. The molecular weight excluding hydrogens is 394 g/mol. The predicted octanol–water partition coefficient (Wildman–Crippen LogP) is 5.15. The monoisotopic (exact) mass is 405 g/mol. The Labute approximate surface area is 139 Å². The van der Waals surface area contributed by atoms with Crippen LogP contribution in [0.1, 0.15) is 18.9 Å². The SMILES string of the molecule is Nc1ccc(-c2nc3cc(Br)ccc3n2C2CC2)cc1Br. The highest BCUT2D eigenvalue weighted by atomic mass is 79.9. The number of nitrogens with zero attached hydrogens (tertiary/aromatic N) is 2. The molecule has 0 atom stereocenters. The molecule has 106 valence electrons. The minimum Gasteiger partial charge on any atom is -0.398 e. The summed E-state index contributed by atoms with van der Waals surface area (Å²) in [4.78, 5) is 4.85. The summed E-state index contributed by atoms with van der Waals surface area (Å²) >= 11 is 7.03. The van der Waals surface area contributed by atoms with Gasteiger partial charge in [-0.25, -0.2) is 4.98 Å². The van der Waals surface area contributed by atoms with Crippen molar-refractivity contribution in [2.45, 2.75) is 18.9 Å². The van der Waals surface area contributed by atoms with Crippen molar-refractivity contribution in [3.05, 3.63) is 45.3 Å². The summed E-state index contributed by atoms with van der Waals surface area (Å²) < 4.78 is 4.33. The van der Waals surface area contributed by atoms with Crippen molar-refractivity contribution in [3.63, 3.8) is 0 Å². The van der Waals surface area contributed by atoms with E-state index in [1.807, 2.05) is 18.2 Å². The molecule has 2 aromatic carbocycles. The zero-order chi connectivity index (χ0) is 14.6. The first-order valence-electron chi connectivity index (χ1n) is 6.86. The molecule has 0 bridgehead atoms. The second-order valence-corrected chi connectivity index (χ2v) is 7.18. The number of hydrogen-bond donors (Lipinski definition) is 1. The average molecular weight is 407 g/mol. The minimum absolute atomic E-state index is 0.572. The van der Waals surface area contributed by atoms with Crippen molar-refractivity contribution in [1.29, 1.82) is 0 Å². The third-order valence-corrected chi connectivity index (χ3v) is 5.00. The van der Waals surface area contributed by atoms with Gasteiger partial charge in [0.05, 0.1) is 11.0 Å². The van der Waals surface area contributed by atoms with Gasteiger partial charge in [0.15, 0.2) is 0 Å². The highest BCUT2D eigenvalue weighted by Gasteiger charge is 2.28. The van der Waals surface area contributed by atoms with Crippen LogP contribution in [0, 0.1) is 0 Å². The van der Waals surface area contributed by atoms with Gasteiger partial charge in [-0.2, -0.15) is 0 Å². The number of nitrogens with two attached hydrogens (primary N) is 1. The number of benzene rings is 2. The number of fused-ring (bicyclic) bond motifs is 1. The molecule has 0 saturated heterocycles.